The molecule has 12 heteroatoms. The minimum atomic E-state index is -1.62. The number of aliphatic hydroxyl groups excluding tert-OH is 1. The molecule has 0 saturated heterocycles. The average Bonchev–Trinajstić information content (AvgIpc) is 3.19. The summed E-state index contributed by atoms with van der Waals surface area (Å²) in [7, 11) is 0. The standard InChI is InChI=1S/C24H31NO11/c1-11(26)33-20-17(14-7-8-15-16(9-14)32-10-31-15)18(25-23(30)36-24(4,5)6)21(34-12(2)27)22(19(20)29)35-13(3)28/h7-9,17-22,29H,10H2,1-6H3,(H,25,30)/t17-,18-,19+,20-,21+,22-/m1/s1. The van der Waals surface area contributed by atoms with Gasteiger partial charge in [0.1, 0.15) is 17.8 Å². The summed E-state index contributed by atoms with van der Waals surface area (Å²) < 4.78 is 32.5. The molecule has 6 atom stereocenters. The Labute approximate surface area is 208 Å². The third kappa shape index (κ3) is 6.36. The average molecular weight is 510 g/mol. The van der Waals surface area contributed by atoms with Crippen LogP contribution in [0.5, 0.6) is 11.5 Å². The molecule has 1 aliphatic carbocycles. The third-order valence-electron chi connectivity index (χ3n) is 5.46. The zero-order valence-electron chi connectivity index (χ0n) is 20.9. The van der Waals surface area contributed by atoms with E-state index >= 15 is 0 Å². The van der Waals surface area contributed by atoms with Crippen molar-refractivity contribution in [2.75, 3.05) is 6.79 Å². The monoisotopic (exact) mass is 509 g/mol. The van der Waals surface area contributed by atoms with Gasteiger partial charge in [-0.25, -0.2) is 4.79 Å². The molecule has 1 heterocycles. The van der Waals surface area contributed by atoms with E-state index in [9.17, 15) is 24.3 Å². The first-order valence-corrected chi connectivity index (χ1v) is 11.4. The molecule has 1 aliphatic heterocycles. The molecule has 3 rings (SSSR count). The molecule has 0 bridgehead atoms. The smallest absolute Gasteiger partial charge is 0.408 e. The summed E-state index contributed by atoms with van der Waals surface area (Å²) in [6, 6.07) is 3.71. The number of benzene rings is 1. The highest BCUT2D eigenvalue weighted by Crippen LogP contribution is 2.42. The molecule has 0 aromatic heterocycles. The van der Waals surface area contributed by atoms with E-state index in [1.165, 1.54) is 0 Å². The maximum absolute atomic E-state index is 12.9. The van der Waals surface area contributed by atoms with Crippen LogP contribution in [0.1, 0.15) is 53.0 Å². The number of ether oxygens (including phenoxy) is 6. The van der Waals surface area contributed by atoms with Crippen molar-refractivity contribution >= 4 is 24.0 Å². The van der Waals surface area contributed by atoms with Crippen molar-refractivity contribution in [2.45, 2.75) is 83.5 Å². The van der Waals surface area contributed by atoms with Gasteiger partial charge < -0.3 is 38.8 Å². The Morgan fingerprint density at radius 3 is 2.03 bits per heavy atom. The fraction of sp³-hybridized carbons (Fsp3) is 0.583. The predicted molar refractivity (Wildman–Crippen MR) is 121 cm³/mol. The Kier molecular flexibility index (Phi) is 7.97. The lowest BCUT2D eigenvalue weighted by Crippen LogP contribution is -2.67. The SMILES string of the molecule is CC(=O)O[C@@H]1[C@@H](O)[C@H](OC(C)=O)[C@H](c2ccc3c(c2)OCO3)[C@@H](NC(=O)OC(C)(C)C)[C@@H]1OC(C)=O. The van der Waals surface area contributed by atoms with Gasteiger partial charge in [0.2, 0.25) is 6.79 Å². The van der Waals surface area contributed by atoms with Gasteiger partial charge in [-0.05, 0) is 38.5 Å². The third-order valence-corrected chi connectivity index (χ3v) is 5.46. The lowest BCUT2D eigenvalue weighted by Gasteiger charge is -2.47. The number of fused-ring (bicyclic) bond motifs is 1. The van der Waals surface area contributed by atoms with Gasteiger partial charge >= 0.3 is 24.0 Å². The fourth-order valence-corrected chi connectivity index (χ4v) is 4.33. The summed E-state index contributed by atoms with van der Waals surface area (Å²) in [5, 5.41) is 13.9. The quantitative estimate of drug-likeness (QED) is 0.439. The highest BCUT2D eigenvalue weighted by atomic mass is 16.7. The predicted octanol–water partition coefficient (Wildman–Crippen LogP) is 1.56. The summed E-state index contributed by atoms with van der Waals surface area (Å²) in [5.74, 6) is -2.38. The number of rotatable bonds is 5. The molecule has 2 aliphatic rings. The number of esters is 3. The second-order valence-corrected chi connectivity index (χ2v) is 9.52. The number of amides is 1. The van der Waals surface area contributed by atoms with E-state index in [2.05, 4.69) is 5.32 Å². The summed E-state index contributed by atoms with van der Waals surface area (Å²) in [5.41, 5.74) is -0.405. The van der Waals surface area contributed by atoms with Crippen LogP contribution in [0.2, 0.25) is 0 Å². The lowest BCUT2D eigenvalue weighted by molar-refractivity contribution is -0.208. The molecule has 1 amide bonds. The number of aliphatic hydroxyl groups is 1. The Morgan fingerprint density at radius 2 is 1.44 bits per heavy atom. The van der Waals surface area contributed by atoms with Crippen LogP contribution in [0.4, 0.5) is 4.79 Å². The molecule has 1 aromatic rings. The van der Waals surface area contributed by atoms with Gasteiger partial charge in [0.25, 0.3) is 0 Å². The van der Waals surface area contributed by atoms with E-state index in [0.29, 0.717) is 17.1 Å². The second kappa shape index (κ2) is 10.6. The molecule has 0 unspecified atom stereocenters. The van der Waals surface area contributed by atoms with Crippen molar-refractivity contribution in [3.05, 3.63) is 23.8 Å². The van der Waals surface area contributed by atoms with Gasteiger partial charge in [0, 0.05) is 26.7 Å². The Morgan fingerprint density at radius 1 is 0.889 bits per heavy atom. The van der Waals surface area contributed by atoms with Crippen molar-refractivity contribution in [1.29, 1.82) is 0 Å². The summed E-state index contributed by atoms with van der Waals surface area (Å²) in [6.07, 6.45) is -6.64. The molecule has 1 fully saturated rings. The molecular formula is C24H31NO11. The van der Waals surface area contributed by atoms with Crippen LogP contribution in [0.15, 0.2) is 18.2 Å². The lowest BCUT2D eigenvalue weighted by atomic mass is 9.73. The largest absolute Gasteiger partial charge is 0.459 e. The Hall–Kier alpha value is -3.54. The molecule has 1 aromatic carbocycles. The van der Waals surface area contributed by atoms with Crippen molar-refractivity contribution in [2.24, 2.45) is 0 Å². The fourth-order valence-electron chi connectivity index (χ4n) is 4.33. The highest BCUT2D eigenvalue weighted by Gasteiger charge is 2.56. The van der Waals surface area contributed by atoms with Gasteiger partial charge in [-0.1, -0.05) is 6.07 Å². The Bertz CT molecular complexity index is 1020. The van der Waals surface area contributed by atoms with E-state index in [1.54, 1.807) is 39.0 Å². The second-order valence-electron chi connectivity index (χ2n) is 9.52. The molecular weight excluding hydrogens is 478 g/mol. The number of carbonyl (C=O) groups excluding carboxylic acids is 4. The van der Waals surface area contributed by atoms with Crippen LogP contribution in [0, 0.1) is 0 Å². The molecule has 0 spiro atoms. The summed E-state index contributed by atoms with van der Waals surface area (Å²) in [6.45, 7) is 8.40. The number of hydrogen-bond donors (Lipinski definition) is 2. The number of hydrogen-bond acceptors (Lipinski definition) is 11. The zero-order chi connectivity index (χ0) is 26.8. The van der Waals surface area contributed by atoms with Crippen LogP contribution in [-0.2, 0) is 33.3 Å². The zero-order valence-corrected chi connectivity index (χ0v) is 20.9. The first-order chi connectivity index (χ1) is 16.8. The minimum Gasteiger partial charge on any atom is -0.459 e. The molecule has 0 radical (unpaired) electrons. The number of carbonyl (C=O) groups is 4. The van der Waals surface area contributed by atoms with Crippen LogP contribution in [0.25, 0.3) is 0 Å². The van der Waals surface area contributed by atoms with Gasteiger partial charge in [-0.15, -0.1) is 0 Å². The van der Waals surface area contributed by atoms with Gasteiger partial charge in [0.05, 0.1) is 6.04 Å². The highest BCUT2D eigenvalue weighted by molar-refractivity contribution is 5.70. The summed E-state index contributed by atoms with van der Waals surface area (Å²) >= 11 is 0. The maximum atomic E-state index is 12.9. The van der Waals surface area contributed by atoms with Crippen molar-refractivity contribution in [3.63, 3.8) is 0 Å². The van der Waals surface area contributed by atoms with Gasteiger partial charge in [-0.3, -0.25) is 14.4 Å². The minimum absolute atomic E-state index is 0.00361. The first kappa shape index (κ1) is 27.1. The maximum Gasteiger partial charge on any atom is 0.408 e. The first-order valence-electron chi connectivity index (χ1n) is 11.4. The molecule has 12 nitrogen and oxygen atoms in total. The van der Waals surface area contributed by atoms with Crippen LogP contribution in [-0.4, -0.2) is 72.0 Å². The molecule has 1 saturated carbocycles. The normalized spacial score (nSPS) is 27.0. The molecule has 36 heavy (non-hydrogen) atoms. The van der Waals surface area contributed by atoms with Crippen LogP contribution in [0.3, 0.4) is 0 Å². The van der Waals surface area contributed by atoms with E-state index in [1.807, 2.05) is 0 Å². The van der Waals surface area contributed by atoms with Gasteiger partial charge in [0.15, 0.2) is 23.7 Å². The van der Waals surface area contributed by atoms with Crippen molar-refractivity contribution < 1.29 is 52.7 Å². The number of nitrogens with one attached hydrogen (secondary N) is 1. The van der Waals surface area contributed by atoms with Crippen molar-refractivity contribution in [1.82, 2.24) is 5.32 Å². The van der Waals surface area contributed by atoms with Crippen molar-refractivity contribution in [3.8, 4) is 11.5 Å². The number of alkyl carbamates (subject to hydrolysis) is 1. The van der Waals surface area contributed by atoms with E-state index in [0.717, 1.165) is 20.8 Å². The van der Waals surface area contributed by atoms with Gasteiger partial charge in [-0.2, -0.15) is 0 Å². The van der Waals surface area contributed by atoms with Crippen LogP contribution >= 0.6 is 0 Å². The van der Waals surface area contributed by atoms with Crippen LogP contribution < -0.4 is 14.8 Å². The molecule has 2 N–H and O–H groups in total. The van der Waals surface area contributed by atoms with E-state index in [-0.39, 0.29) is 6.79 Å². The molecule has 198 valence electrons. The van der Waals surface area contributed by atoms with E-state index < -0.39 is 66.0 Å². The Balaban J connectivity index is 2.15. The summed E-state index contributed by atoms with van der Waals surface area (Å²) in [4.78, 5) is 48.9. The van der Waals surface area contributed by atoms with E-state index in [4.69, 9.17) is 28.4 Å². The topological polar surface area (TPSA) is 156 Å².